The van der Waals surface area contributed by atoms with Gasteiger partial charge in [0.05, 0.1) is 6.61 Å². The third-order valence-electron chi connectivity index (χ3n) is 1.43. The molecule has 0 saturated carbocycles. The molecule has 1 aromatic rings. The highest BCUT2D eigenvalue weighted by molar-refractivity contribution is 7.99. The molecule has 6 nitrogen and oxygen atoms in total. The number of hydrogen-bond donors (Lipinski definition) is 2. The van der Waals surface area contributed by atoms with Gasteiger partial charge in [0.1, 0.15) is 0 Å². The number of rotatable bonds is 6. The van der Waals surface area contributed by atoms with Gasteiger partial charge in [0.15, 0.2) is 5.16 Å². The monoisotopic (exact) mass is 229 g/mol. The molecule has 1 aromatic heterocycles. The summed E-state index contributed by atoms with van der Waals surface area (Å²) in [5.74, 6) is 6.53. The molecule has 0 unspecified atom stereocenters. The van der Waals surface area contributed by atoms with E-state index in [1.807, 2.05) is 6.92 Å². The van der Waals surface area contributed by atoms with Gasteiger partial charge in [0, 0.05) is 5.75 Å². The van der Waals surface area contributed by atoms with Crippen LogP contribution in [0.4, 0.5) is 5.95 Å². The maximum atomic E-state index is 5.24. The highest BCUT2D eigenvalue weighted by Gasteiger charge is 2.06. The summed E-state index contributed by atoms with van der Waals surface area (Å²) in [6.07, 6.45) is 1.06. The molecule has 84 valence electrons. The Morgan fingerprint density at radius 2 is 2.13 bits per heavy atom. The number of hydrazine groups is 1. The van der Waals surface area contributed by atoms with Gasteiger partial charge in [-0.1, -0.05) is 18.7 Å². The molecule has 0 spiro atoms. The molecule has 0 saturated heterocycles. The Morgan fingerprint density at radius 3 is 2.73 bits per heavy atom. The normalized spacial score (nSPS) is 10.1. The van der Waals surface area contributed by atoms with Gasteiger partial charge in [-0.15, -0.1) is 0 Å². The van der Waals surface area contributed by atoms with Crippen LogP contribution in [0.2, 0.25) is 0 Å². The molecule has 0 aliphatic rings. The van der Waals surface area contributed by atoms with Crippen molar-refractivity contribution in [1.29, 1.82) is 0 Å². The Morgan fingerprint density at radius 1 is 1.33 bits per heavy atom. The Labute approximate surface area is 93.0 Å². The van der Waals surface area contributed by atoms with Crippen molar-refractivity contribution in [1.82, 2.24) is 15.0 Å². The van der Waals surface area contributed by atoms with Crippen molar-refractivity contribution < 1.29 is 4.74 Å². The zero-order chi connectivity index (χ0) is 11.1. The van der Waals surface area contributed by atoms with Crippen molar-refractivity contribution in [2.45, 2.75) is 25.4 Å². The summed E-state index contributed by atoms with van der Waals surface area (Å²) in [4.78, 5) is 12.2. The molecule has 0 bridgehead atoms. The molecule has 0 atom stereocenters. The maximum Gasteiger partial charge on any atom is 0.322 e. The van der Waals surface area contributed by atoms with Gasteiger partial charge in [-0.05, 0) is 13.3 Å². The minimum Gasteiger partial charge on any atom is -0.464 e. The van der Waals surface area contributed by atoms with Crippen LogP contribution in [0.15, 0.2) is 5.16 Å². The summed E-state index contributed by atoms with van der Waals surface area (Å²) >= 11 is 1.55. The second-order valence-corrected chi connectivity index (χ2v) is 3.71. The summed E-state index contributed by atoms with van der Waals surface area (Å²) in [6.45, 7) is 4.49. The smallest absolute Gasteiger partial charge is 0.322 e. The van der Waals surface area contributed by atoms with E-state index >= 15 is 0 Å². The van der Waals surface area contributed by atoms with Gasteiger partial charge in [0.25, 0.3) is 0 Å². The molecule has 1 rings (SSSR count). The van der Waals surface area contributed by atoms with E-state index in [1.165, 1.54) is 0 Å². The maximum absolute atomic E-state index is 5.24. The zero-order valence-electron chi connectivity index (χ0n) is 8.86. The lowest BCUT2D eigenvalue weighted by atomic mass is 10.6. The van der Waals surface area contributed by atoms with Gasteiger partial charge in [0.2, 0.25) is 5.95 Å². The second kappa shape index (κ2) is 6.41. The van der Waals surface area contributed by atoms with E-state index in [1.54, 1.807) is 11.8 Å². The fourth-order valence-corrected chi connectivity index (χ4v) is 1.53. The Hall–Kier alpha value is -1.08. The number of anilines is 1. The van der Waals surface area contributed by atoms with Crippen LogP contribution in [0.1, 0.15) is 20.3 Å². The van der Waals surface area contributed by atoms with Gasteiger partial charge in [-0.3, -0.25) is 5.43 Å². The van der Waals surface area contributed by atoms with E-state index in [2.05, 4.69) is 27.3 Å². The first kappa shape index (κ1) is 12.0. The lowest BCUT2D eigenvalue weighted by Crippen LogP contribution is -2.12. The van der Waals surface area contributed by atoms with Crippen LogP contribution >= 0.6 is 11.8 Å². The van der Waals surface area contributed by atoms with E-state index in [0.29, 0.717) is 23.7 Å². The predicted octanol–water partition coefficient (Wildman–Crippen LogP) is 1.06. The summed E-state index contributed by atoms with van der Waals surface area (Å²) in [5, 5.41) is 0.628. The SMILES string of the molecule is CCCSc1nc(NN)nc(OCC)n1. The van der Waals surface area contributed by atoms with E-state index < -0.39 is 0 Å². The van der Waals surface area contributed by atoms with E-state index in [-0.39, 0.29) is 0 Å². The molecule has 0 aromatic carbocycles. The third kappa shape index (κ3) is 3.88. The van der Waals surface area contributed by atoms with Crippen molar-refractivity contribution >= 4 is 17.7 Å². The quantitative estimate of drug-likeness (QED) is 0.428. The van der Waals surface area contributed by atoms with Crippen LogP contribution in [0, 0.1) is 0 Å². The number of nitrogens with two attached hydrogens (primary N) is 1. The lowest BCUT2D eigenvalue weighted by Gasteiger charge is -2.05. The first-order valence-electron chi connectivity index (χ1n) is 4.78. The molecule has 0 radical (unpaired) electrons. The van der Waals surface area contributed by atoms with Crippen LogP contribution in [0.25, 0.3) is 0 Å². The van der Waals surface area contributed by atoms with Gasteiger partial charge in [-0.2, -0.15) is 15.0 Å². The lowest BCUT2D eigenvalue weighted by molar-refractivity contribution is 0.308. The molecular formula is C8H15N5OS. The molecular weight excluding hydrogens is 214 g/mol. The highest BCUT2D eigenvalue weighted by atomic mass is 32.2. The topological polar surface area (TPSA) is 86.0 Å². The van der Waals surface area contributed by atoms with E-state index in [0.717, 1.165) is 12.2 Å². The molecule has 0 fully saturated rings. The number of hydrogen-bond acceptors (Lipinski definition) is 7. The van der Waals surface area contributed by atoms with Crippen LogP contribution in [0.3, 0.4) is 0 Å². The van der Waals surface area contributed by atoms with Gasteiger partial charge in [-0.25, -0.2) is 5.84 Å². The molecule has 0 aliphatic heterocycles. The standard InChI is InChI=1S/C8H15N5OS/c1-3-5-15-8-11-6(13-9)10-7(12-8)14-4-2/h3-5,9H2,1-2H3,(H,10,11,12,13). The van der Waals surface area contributed by atoms with Gasteiger partial charge < -0.3 is 4.74 Å². The summed E-state index contributed by atoms with van der Waals surface area (Å²) in [6, 6.07) is 0.305. The minimum atomic E-state index is 0.305. The van der Waals surface area contributed by atoms with E-state index in [4.69, 9.17) is 10.6 Å². The largest absolute Gasteiger partial charge is 0.464 e. The summed E-state index contributed by atoms with van der Waals surface area (Å²) in [7, 11) is 0. The van der Waals surface area contributed by atoms with Crippen molar-refractivity contribution in [3.05, 3.63) is 0 Å². The number of ether oxygens (including phenoxy) is 1. The number of nitrogens with zero attached hydrogens (tertiary/aromatic N) is 3. The fourth-order valence-electron chi connectivity index (χ4n) is 0.854. The Bertz CT molecular complexity index is 309. The van der Waals surface area contributed by atoms with Crippen LogP contribution in [-0.4, -0.2) is 27.3 Å². The van der Waals surface area contributed by atoms with E-state index in [9.17, 15) is 0 Å². The Kier molecular flexibility index (Phi) is 5.13. The molecule has 0 aliphatic carbocycles. The van der Waals surface area contributed by atoms with Crippen LogP contribution in [0.5, 0.6) is 6.01 Å². The van der Waals surface area contributed by atoms with Crippen molar-refractivity contribution in [3.8, 4) is 6.01 Å². The van der Waals surface area contributed by atoms with Gasteiger partial charge >= 0.3 is 6.01 Å². The molecule has 3 N–H and O–H groups in total. The summed E-state index contributed by atoms with van der Waals surface area (Å²) < 4.78 is 5.20. The molecule has 7 heteroatoms. The number of thioether (sulfide) groups is 1. The van der Waals surface area contributed by atoms with Crippen molar-refractivity contribution in [3.63, 3.8) is 0 Å². The second-order valence-electron chi connectivity index (χ2n) is 2.65. The number of nitrogens with one attached hydrogen (secondary N) is 1. The highest BCUT2D eigenvalue weighted by Crippen LogP contribution is 2.17. The molecule has 0 amide bonds. The summed E-state index contributed by atoms with van der Waals surface area (Å²) in [5.41, 5.74) is 2.39. The number of aromatic nitrogens is 3. The Balaban J connectivity index is 2.79. The first-order valence-corrected chi connectivity index (χ1v) is 5.77. The predicted molar refractivity (Wildman–Crippen MR) is 59.8 cm³/mol. The fraction of sp³-hybridized carbons (Fsp3) is 0.625. The average Bonchev–Trinajstić information content (AvgIpc) is 2.26. The minimum absolute atomic E-state index is 0.305. The average molecular weight is 229 g/mol. The molecule has 1 heterocycles. The van der Waals surface area contributed by atoms with Crippen molar-refractivity contribution in [2.24, 2.45) is 5.84 Å². The first-order chi connectivity index (χ1) is 7.30. The van der Waals surface area contributed by atoms with Crippen LogP contribution in [-0.2, 0) is 0 Å². The van der Waals surface area contributed by atoms with Crippen LogP contribution < -0.4 is 16.0 Å². The number of nitrogen functional groups attached to an aromatic ring is 1. The van der Waals surface area contributed by atoms with Crippen molar-refractivity contribution in [2.75, 3.05) is 17.8 Å². The zero-order valence-corrected chi connectivity index (χ0v) is 9.67. The molecule has 15 heavy (non-hydrogen) atoms. The third-order valence-corrected chi connectivity index (χ3v) is 2.49.